The largest absolute Gasteiger partial charge is 0.496 e. The van der Waals surface area contributed by atoms with Crippen LogP contribution in [0.2, 0.25) is 0 Å². The van der Waals surface area contributed by atoms with E-state index < -0.39 is 0 Å². The molecular weight excluding hydrogens is 216 g/mol. The highest BCUT2D eigenvalue weighted by atomic mass is 16.5. The van der Waals surface area contributed by atoms with Gasteiger partial charge in [-0.2, -0.15) is 0 Å². The van der Waals surface area contributed by atoms with E-state index in [9.17, 15) is 0 Å². The van der Waals surface area contributed by atoms with Crippen LogP contribution in [0.25, 0.3) is 11.3 Å². The van der Waals surface area contributed by atoms with Crippen LogP contribution in [0, 0.1) is 0 Å². The minimum absolute atomic E-state index is 0.0510. The van der Waals surface area contributed by atoms with Crippen LogP contribution in [0.1, 0.15) is 5.82 Å². The molecule has 0 aliphatic heterocycles. The molecule has 0 aliphatic rings. The molecular formula is C13H14N2O2. The fourth-order valence-electron chi connectivity index (χ4n) is 1.63. The van der Waals surface area contributed by atoms with Gasteiger partial charge in [-0.3, -0.25) is 0 Å². The Kier molecular flexibility index (Phi) is 3.67. The summed E-state index contributed by atoms with van der Waals surface area (Å²) >= 11 is 0. The summed E-state index contributed by atoms with van der Waals surface area (Å²) in [5, 5.41) is 8.88. The van der Waals surface area contributed by atoms with Crippen molar-refractivity contribution in [3.63, 3.8) is 0 Å². The quantitative estimate of drug-likeness (QED) is 0.868. The smallest absolute Gasteiger partial charge is 0.131 e. The minimum Gasteiger partial charge on any atom is -0.496 e. The maximum atomic E-state index is 8.88. The predicted octanol–water partition coefficient (Wildman–Crippen LogP) is 1.69. The van der Waals surface area contributed by atoms with Crippen LogP contribution in [0.4, 0.5) is 0 Å². The molecule has 4 heteroatoms. The highest BCUT2D eigenvalue weighted by Gasteiger charge is 2.07. The molecule has 2 rings (SSSR count). The lowest BCUT2D eigenvalue weighted by Gasteiger charge is -2.08. The molecule has 4 nitrogen and oxygen atoms in total. The fraction of sp³-hybridized carbons (Fsp3) is 0.231. The van der Waals surface area contributed by atoms with Gasteiger partial charge in [-0.05, 0) is 18.2 Å². The second-order valence-electron chi connectivity index (χ2n) is 3.53. The van der Waals surface area contributed by atoms with Crippen molar-refractivity contribution in [2.24, 2.45) is 0 Å². The summed E-state index contributed by atoms with van der Waals surface area (Å²) in [6, 6.07) is 9.52. The second kappa shape index (κ2) is 5.41. The van der Waals surface area contributed by atoms with Gasteiger partial charge in [0.15, 0.2) is 0 Å². The summed E-state index contributed by atoms with van der Waals surface area (Å²) in [5.41, 5.74) is 1.73. The van der Waals surface area contributed by atoms with Crippen LogP contribution in [0.3, 0.4) is 0 Å². The Morgan fingerprint density at radius 2 is 2.06 bits per heavy atom. The van der Waals surface area contributed by atoms with Crippen LogP contribution in [0.15, 0.2) is 36.5 Å². The minimum atomic E-state index is 0.0510. The van der Waals surface area contributed by atoms with Crippen LogP contribution in [0.5, 0.6) is 5.75 Å². The standard InChI is InChI=1S/C13H14N2O2/c1-17-12-5-3-2-4-10(12)11-6-8-14-13(15-11)7-9-16/h2-6,8,16H,7,9H2,1H3. The zero-order chi connectivity index (χ0) is 12.1. The third-order valence-corrected chi connectivity index (χ3v) is 2.42. The first-order valence-corrected chi connectivity index (χ1v) is 5.41. The molecule has 0 saturated heterocycles. The molecule has 1 N–H and O–H groups in total. The van der Waals surface area contributed by atoms with Crippen LogP contribution in [-0.2, 0) is 6.42 Å². The number of aliphatic hydroxyl groups excluding tert-OH is 1. The number of para-hydroxylation sites is 1. The van der Waals surface area contributed by atoms with Crippen molar-refractivity contribution in [2.75, 3.05) is 13.7 Å². The molecule has 0 saturated carbocycles. The molecule has 2 aromatic rings. The average Bonchev–Trinajstić information content (AvgIpc) is 2.39. The molecule has 17 heavy (non-hydrogen) atoms. The van der Waals surface area contributed by atoms with E-state index in [4.69, 9.17) is 9.84 Å². The van der Waals surface area contributed by atoms with E-state index in [1.807, 2.05) is 30.3 Å². The van der Waals surface area contributed by atoms with Crippen molar-refractivity contribution >= 4 is 0 Å². The lowest BCUT2D eigenvalue weighted by Crippen LogP contribution is -1.99. The van der Waals surface area contributed by atoms with Gasteiger partial charge in [-0.15, -0.1) is 0 Å². The Balaban J connectivity index is 2.41. The molecule has 0 unspecified atom stereocenters. The van der Waals surface area contributed by atoms with Crippen molar-refractivity contribution in [1.82, 2.24) is 9.97 Å². The maximum absolute atomic E-state index is 8.88. The molecule has 88 valence electrons. The van der Waals surface area contributed by atoms with Crippen molar-refractivity contribution in [1.29, 1.82) is 0 Å². The van der Waals surface area contributed by atoms with Crippen molar-refractivity contribution < 1.29 is 9.84 Å². The van der Waals surface area contributed by atoms with E-state index >= 15 is 0 Å². The highest BCUT2D eigenvalue weighted by Crippen LogP contribution is 2.27. The third kappa shape index (κ3) is 2.60. The SMILES string of the molecule is COc1ccccc1-c1ccnc(CCO)n1. The van der Waals surface area contributed by atoms with Gasteiger partial charge in [0, 0.05) is 18.2 Å². The van der Waals surface area contributed by atoms with E-state index in [-0.39, 0.29) is 6.61 Å². The zero-order valence-electron chi connectivity index (χ0n) is 9.63. The summed E-state index contributed by atoms with van der Waals surface area (Å²) in [4.78, 5) is 8.49. The van der Waals surface area contributed by atoms with Gasteiger partial charge < -0.3 is 9.84 Å². The van der Waals surface area contributed by atoms with Crippen LogP contribution in [-0.4, -0.2) is 28.8 Å². The summed E-state index contributed by atoms with van der Waals surface area (Å²) in [6.45, 7) is 0.0510. The molecule has 0 spiro atoms. The zero-order valence-corrected chi connectivity index (χ0v) is 9.63. The number of aliphatic hydroxyl groups is 1. The number of ether oxygens (including phenoxy) is 1. The van der Waals surface area contributed by atoms with Crippen LogP contribution >= 0.6 is 0 Å². The Bertz CT molecular complexity index is 500. The first kappa shape index (κ1) is 11.5. The lowest BCUT2D eigenvalue weighted by molar-refractivity contribution is 0.296. The molecule has 1 aromatic heterocycles. The summed E-state index contributed by atoms with van der Waals surface area (Å²) in [5.74, 6) is 1.41. The Hall–Kier alpha value is -1.94. The van der Waals surface area contributed by atoms with E-state index in [1.165, 1.54) is 0 Å². The molecule has 0 atom stereocenters. The number of hydrogen-bond donors (Lipinski definition) is 1. The maximum Gasteiger partial charge on any atom is 0.131 e. The normalized spacial score (nSPS) is 10.2. The molecule has 0 aliphatic carbocycles. The number of benzene rings is 1. The van der Waals surface area contributed by atoms with E-state index in [0.29, 0.717) is 12.2 Å². The number of rotatable bonds is 4. The molecule has 0 amide bonds. The van der Waals surface area contributed by atoms with Gasteiger partial charge in [0.2, 0.25) is 0 Å². The fourth-order valence-corrected chi connectivity index (χ4v) is 1.63. The molecule has 1 aromatic carbocycles. The van der Waals surface area contributed by atoms with Crippen molar-refractivity contribution in [3.05, 3.63) is 42.4 Å². The first-order valence-electron chi connectivity index (χ1n) is 5.41. The number of nitrogens with zero attached hydrogens (tertiary/aromatic N) is 2. The van der Waals surface area contributed by atoms with E-state index in [2.05, 4.69) is 9.97 Å². The second-order valence-corrected chi connectivity index (χ2v) is 3.53. The lowest BCUT2D eigenvalue weighted by atomic mass is 10.1. The number of aromatic nitrogens is 2. The van der Waals surface area contributed by atoms with E-state index in [0.717, 1.165) is 17.0 Å². The number of hydrogen-bond acceptors (Lipinski definition) is 4. The Labute approximate surface area is 99.9 Å². The van der Waals surface area contributed by atoms with Crippen molar-refractivity contribution in [2.45, 2.75) is 6.42 Å². The Morgan fingerprint density at radius 3 is 2.82 bits per heavy atom. The van der Waals surface area contributed by atoms with E-state index in [1.54, 1.807) is 13.3 Å². The molecule has 0 bridgehead atoms. The summed E-state index contributed by atoms with van der Waals surface area (Å²) in [7, 11) is 1.63. The third-order valence-electron chi connectivity index (χ3n) is 2.42. The predicted molar refractivity (Wildman–Crippen MR) is 64.8 cm³/mol. The Morgan fingerprint density at radius 1 is 1.24 bits per heavy atom. The van der Waals surface area contributed by atoms with Gasteiger partial charge in [0.1, 0.15) is 11.6 Å². The molecule has 1 heterocycles. The summed E-state index contributed by atoms with van der Waals surface area (Å²) < 4.78 is 5.29. The monoisotopic (exact) mass is 230 g/mol. The average molecular weight is 230 g/mol. The van der Waals surface area contributed by atoms with Gasteiger partial charge in [0.05, 0.1) is 19.4 Å². The number of methoxy groups -OCH3 is 1. The molecule has 0 radical (unpaired) electrons. The highest BCUT2D eigenvalue weighted by molar-refractivity contribution is 5.66. The van der Waals surface area contributed by atoms with Crippen LogP contribution < -0.4 is 4.74 Å². The first-order chi connectivity index (χ1) is 8.35. The van der Waals surface area contributed by atoms with Gasteiger partial charge in [0.25, 0.3) is 0 Å². The van der Waals surface area contributed by atoms with Gasteiger partial charge in [-0.25, -0.2) is 9.97 Å². The topological polar surface area (TPSA) is 55.2 Å². The van der Waals surface area contributed by atoms with Crippen molar-refractivity contribution in [3.8, 4) is 17.0 Å². The molecule has 0 fully saturated rings. The van der Waals surface area contributed by atoms with Gasteiger partial charge >= 0.3 is 0 Å². The van der Waals surface area contributed by atoms with Gasteiger partial charge in [-0.1, -0.05) is 12.1 Å². The summed E-state index contributed by atoms with van der Waals surface area (Å²) in [6.07, 6.45) is 2.16.